The first kappa shape index (κ1) is 32.1. The average molecular weight is 649 g/mol. The van der Waals surface area contributed by atoms with Crippen molar-refractivity contribution in [2.45, 2.75) is 56.2 Å². The van der Waals surface area contributed by atoms with E-state index < -0.39 is 55.8 Å². The Morgan fingerprint density at radius 1 is 0.891 bits per heavy atom. The number of anilines is 1. The average Bonchev–Trinajstić information content (AvgIpc) is 3.28. The van der Waals surface area contributed by atoms with Crippen LogP contribution in [0, 0.1) is 20.2 Å². The predicted octanol–water partition coefficient (Wildman–Crippen LogP) is 4.39. The van der Waals surface area contributed by atoms with Crippen molar-refractivity contribution in [2.24, 2.45) is 0 Å². The quantitative estimate of drug-likeness (QED) is 0.132. The van der Waals surface area contributed by atoms with Gasteiger partial charge in [-0.05, 0) is 67.4 Å². The van der Waals surface area contributed by atoms with E-state index in [1.165, 1.54) is 89.1 Å². The smallest absolute Gasteiger partial charge is 0.338 e. The van der Waals surface area contributed by atoms with Gasteiger partial charge in [0.2, 0.25) is 5.91 Å². The zero-order valence-electron chi connectivity index (χ0n) is 24.9. The number of rotatable bonds is 10. The molecular formula is C31H28N4O10S. The van der Waals surface area contributed by atoms with E-state index in [1.807, 2.05) is 0 Å². The predicted molar refractivity (Wildman–Crippen MR) is 165 cm³/mol. The summed E-state index contributed by atoms with van der Waals surface area (Å²) < 4.78 is 10.1. The van der Waals surface area contributed by atoms with E-state index in [4.69, 9.17) is 9.47 Å². The lowest BCUT2D eigenvalue weighted by atomic mass is 9.94. The lowest BCUT2D eigenvalue weighted by Gasteiger charge is -2.48. The van der Waals surface area contributed by atoms with Gasteiger partial charge in [0, 0.05) is 41.6 Å². The minimum Gasteiger partial charge on any atom is -0.459 e. The van der Waals surface area contributed by atoms with E-state index in [0.29, 0.717) is 11.1 Å². The molecule has 2 aliphatic heterocycles. The van der Waals surface area contributed by atoms with Gasteiger partial charge in [0.25, 0.3) is 17.3 Å². The van der Waals surface area contributed by atoms with Crippen LogP contribution >= 0.6 is 11.8 Å². The Morgan fingerprint density at radius 3 is 1.96 bits per heavy atom. The summed E-state index contributed by atoms with van der Waals surface area (Å²) >= 11 is 1.35. The van der Waals surface area contributed by atoms with E-state index >= 15 is 0 Å². The molecule has 238 valence electrons. The SMILES string of the molecule is CC(=O)N(c1cccc(C(=O)OCc2ccc([N+](=O)[O-])cc2)c1)[C@@H]1C(=O)N2C(C(=O)OCc3ccc([N+](=O)[O-])cc3)C(C)(C)S[C@H]12. The second-order valence-corrected chi connectivity index (χ2v) is 12.9. The second-order valence-electron chi connectivity index (χ2n) is 11.2. The van der Waals surface area contributed by atoms with Crippen LogP contribution in [0.4, 0.5) is 17.1 Å². The van der Waals surface area contributed by atoms with Crippen molar-refractivity contribution in [1.82, 2.24) is 4.90 Å². The molecule has 5 rings (SSSR count). The number of fused-ring (bicyclic) bond motifs is 1. The highest BCUT2D eigenvalue weighted by Crippen LogP contribution is 2.53. The van der Waals surface area contributed by atoms with Crippen LogP contribution in [0.25, 0.3) is 0 Å². The fraction of sp³-hybridized carbons (Fsp3) is 0.290. The summed E-state index contributed by atoms with van der Waals surface area (Å²) in [6, 6.07) is 15.3. The van der Waals surface area contributed by atoms with Crippen LogP contribution in [0.2, 0.25) is 0 Å². The van der Waals surface area contributed by atoms with Crippen LogP contribution in [0.15, 0.2) is 72.8 Å². The van der Waals surface area contributed by atoms with E-state index in [9.17, 15) is 39.4 Å². The molecule has 2 saturated heterocycles. The van der Waals surface area contributed by atoms with Crippen molar-refractivity contribution >= 4 is 52.6 Å². The maximum atomic E-state index is 13.6. The fourth-order valence-electron chi connectivity index (χ4n) is 5.43. The van der Waals surface area contributed by atoms with E-state index in [0.717, 1.165) is 0 Å². The summed E-state index contributed by atoms with van der Waals surface area (Å²) in [5.41, 5.74) is 1.32. The number of β-lactam (4-membered cyclic amide) rings is 1. The molecule has 14 nitrogen and oxygen atoms in total. The number of hydrogen-bond acceptors (Lipinski definition) is 11. The normalized spacial score (nSPS) is 19.4. The highest BCUT2D eigenvalue weighted by Gasteiger charge is 2.66. The number of nitrogens with zero attached hydrogens (tertiary/aromatic N) is 4. The molecule has 2 aliphatic rings. The number of non-ortho nitro benzene ring substituents is 2. The molecule has 15 heteroatoms. The third kappa shape index (κ3) is 6.26. The Kier molecular flexibility index (Phi) is 8.79. The molecular weight excluding hydrogens is 620 g/mol. The lowest BCUT2D eigenvalue weighted by molar-refractivity contribution is -0.385. The maximum absolute atomic E-state index is 13.6. The fourth-order valence-corrected chi connectivity index (χ4v) is 7.09. The molecule has 46 heavy (non-hydrogen) atoms. The zero-order valence-corrected chi connectivity index (χ0v) is 25.7. The molecule has 2 heterocycles. The van der Waals surface area contributed by atoms with Crippen LogP contribution < -0.4 is 4.90 Å². The summed E-state index contributed by atoms with van der Waals surface area (Å²) in [4.78, 5) is 76.0. The molecule has 0 saturated carbocycles. The Hall–Kier alpha value is -5.31. The van der Waals surface area contributed by atoms with Crippen molar-refractivity contribution in [3.05, 3.63) is 110 Å². The highest BCUT2D eigenvalue weighted by molar-refractivity contribution is 8.01. The summed E-state index contributed by atoms with van der Waals surface area (Å²) in [6.07, 6.45) is 0. The molecule has 2 amide bonds. The number of nitro groups is 2. The van der Waals surface area contributed by atoms with Gasteiger partial charge in [0.05, 0.1) is 15.4 Å². The Labute approximate surface area is 266 Å². The van der Waals surface area contributed by atoms with Gasteiger partial charge < -0.3 is 14.4 Å². The number of hydrogen-bond donors (Lipinski definition) is 0. The first-order valence-corrected chi connectivity index (χ1v) is 14.9. The Morgan fingerprint density at radius 2 is 1.43 bits per heavy atom. The molecule has 0 spiro atoms. The monoisotopic (exact) mass is 648 g/mol. The summed E-state index contributed by atoms with van der Waals surface area (Å²) in [7, 11) is 0. The van der Waals surface area contributed by atoms with Crippen LogP contribution in [-0.2, 0) is 37.1 Å². The molecule has 0 aromatic heterocycles. The number of carbonyl (C=O) groups is 4. The van der Waals surface area contributed by atoms with Gasteiger partial charge in [0.15, 0.2) is 0 Å². The number of nitro benzene ring substituents is 2. The van der Waals surface area contributed by atoms with Gasteiger partial charge >= 0.3 is 11.9 Å². The number of thioether (sulfide) groups is 1. The van der Waals surface area contributed by atoms with E-state index in [1.54, 1.807) is 26.0 Å². The van der Waals surface area contributed by atoms with Crippen LogP contribution in [0.5, 0.6) is 0 Å². The summed E-state index contributed by atoms with van der Waals surface area (Å²) in [5.74, 6) is -2.24. The van der Waals surface area contributed by atoms with Crippen molar-refractivity contribution in [3.63, 3.8) is 0 Å². The number of ether oxygens (including phenoxy) is 2. The Bertz CT molecular complexity index is 1730. The number of benzene rings is 3. The maximum Gasteiger partial charge on any atom is 0.338 e. The van der Waals surface area contributed by atoms with Crippen LogP contribution in [0.1, 0.15) is 42.3 Å². The minimum absolute atomic E-state index is 0.0921. The zero-order chi connectivity index (χ0) is 33.3. The number of esters is 2. The third-order valence-electron chi connectivity index (χ3n) is 7.66. The van der Waals surface area contributed by atoms with Crippen LogP contribution in [0.3, 0.4) is 0 Å². The van der Waals surface area contributed by atoms with E-state index in [2.05, 4.69) is 0 Å². The van der Waals surface area contributed by atoms with E-state index in [-0.39, 0.29) is 35.8 Å². The Balaban J connectivity index is 1.28. The van der Waals surface area contributed by atoms with Crippen molar-refractivity contribution in [3.8, 4) is 0 Å². The molecule has 3 aromatic rings. The van der Waals surface area contributed by atoms with Gasteiger partial charge in [-0.15, -0.1) is 11.8 Å². The van der Waals surface area contributed by atoms with Gasteiger partial charge in [-0.25, -0.2) is 9.59 Å². The highest BCUT2D eigenvalue weighted by atomic mass is 32.2. The van der Waals surface area contributed by atoms with Gasteiger partial charge in [-0.3, -0.25) is 34.7 Å². The van der Waals surface area contributed by atoms with Crippen molar-refractivity contribution in [1.29, 1.82) is 0 Å². The van der Waals surface area contributed by atoms with Gasteiger partial charge in [0.1, 0.15) is 30.7 Å². The standard InChI is InChI=1S/C31H28N4O10S/c1-18(36)32(24-6-4-5-21(15-24)29(38)44-16-19-7-11-22(12-8-19)34(40)41)25-27(37)33-26(31(2,3)46-28(25)33)30(39)45-17-20-9-13-23(14-10-20)35(42)43/h4-15,25-26,28H,16-17H2,1-3H3/t25-,26?,28-/m1/s1. The molecule has 0 bridgehead atoms. The van der Waals surface area contributed by atoms with Gasteiger partial charge in [-0.2, -0.15) is 0 Å². The number of carbonyl (C=O) groups excluding carboxylic acids is 4. The summed E-state index contributed by atoms with van der Waals surface area (Å²) in [5, 5.41) is 21.2. The van der Waals surface area contributed by atoms with Crippen molar-refractivity contribution in [2.75, 3.05) is 4.90 Å². The minimum atomic E-state index is -0.946. The molecule has 0 N–H and O–H groups in total. The van der Waals surface area contributed by atoms with Gasteiger partial charge in [-0.1, -0.05) is 6.07 Å². The molecule has 3 atom stereocenters. The molecule has 1 unspecified atom stereocenters. The van der Waals surface area contributed by atoms with Crippen LogP contribution in [-0.4, -0.2) is 60.7 Å². The topological polar surface area (TPSA) is 179 Å². The molecule has 0 aliphatic carbocycles. The first-order valence-electron chi connectivity index (χ1n) is 14.0. The molecule has 0 radical (unpaired) electrons. The first-order chi connectivity index (χ1) is 21.8. The summed E-state index contributed by atoms with van der Waals surface area (Å²) in [6.45, 7) is 4.63. The molecule has 3 aromatic carbocycles. The largest absolute Gasteiger partial charge is 0.459 e. The lowest BCUT2D eigenvalue weighted by Crippen LogP contribution is -2.71. The third-order valence-corrected chi connectivity index (χ3v) is 9.22. The number of amides is 2. The van der Waals surface area contributed by atoms with Crippen molar-refractivity contribution < 1.29 is 38.5 Å². The molecule has 2 fully saturated rings. The second kappa shape index (κ2) is 12.6.